The van der Waals surface area contributed by atoms with Gasteiger partial charge in [0.15, 0.2) is 0 Å². The van der Waals surface area contributed by atoms with Gasteiger partial charge >= 0.3 is 5.97 Å². The summed E-state index contributed by atoms with van der Waals surface area (Å²) in [6.45, 7) is 4.33. The van der Waals surface area contributed by atoms with Crippen molar-refractivity contribution >= 4 is 5.97 Å². The molecule has 0 aliphatic carbocycles. The molecule has 0 saturated heterocycles. The zero-order valence-corrected chi connectivity index (χ0v) is 7.25. The van der Waals surface area contributed by atoms with Crippen LogP contribution in [0.1, 0.15) is 6.42 Å². The molecule has 0 aliphatic heterocycles. The molecule has 0 bridgehead atoms. The molecule has 0 radical (unpaired) electrons. The smallest absolute Gasteiger partial charge is 0.323 e. The molecule has 0 aromatic carbocycles. The van der Waals surface area contributed by atoms with Crippen LogP contribution >= 0.6 is 0 Å². The monoisotopic (exact) mass is 173 g/mol. The molecule has 2 N–H and O–H groups in total. The fourth-order valence-electron chi connectivity index (χ4n) is 0.744. The van der Waals surface area contributed by atoms with Gasteiger partial charge in [0.1, 0.15) is 6.04 Å². The first-order chi connectivity index (χ1) is 5.72. The molecule has 1 unspecified atom stereocenters. The van der Waals surface area contributed by atoms with E-state index < -0.39 is 12.0 Å². The Hall–Kier alpha value is -0.870. The van der Waals surface area contributed by atoms with Crippen molar-refractivity contribution in [1.29, 1.82) is 0 Å². The van der Waals surface area contributed by atoms with Gasteiger partial charge in [-0.1, -0.05) is 6.08 Å². The van der Waals surface area contributed by atoms with Gasteiger partial charge in [0.05, 0.1) is 6.61 Å². The summed E-state index contributed by atoms with van der Waals surface area (Å²) in [6, 6.07) is -0.616. The van der Waals surface area contributed by atoms with Crippen molar-refractivity contribution in [1.82, 2.24) is 5.32 Å². The maximum absolute atomic E-state index is 10.5. The highest BCUT2D eigenvalue weighted by Gasteiger charge is 2.14. The molecule has 0 rings (SSSR count). The van der Waals surface area contributed by atoms with Crippen molar-refractivity contribution in [3.05, 3.63) is 12.7 Å². The maximum atomic E-state index is 10.5. The molecule has 0 heterocycles. The zero-order valence-electron chi connectivity index (χ0n) is 7.25. The van der Waals surface area contributed by atoms with E-state index in [1.165, 1.54) is 7.11 Å². The van der Waals surface area contributed by atoms with Crippen LogP contribution < -0.4 is 5.32 Å². The summed E-state index contributed by atoms with van der Waals surface area (Å²) in [5.41, 5.74) is 0. The van der Waals surface area contributed by atoms with E-state index in [0.29, 0.717) is 6.54 Å². The van der Waals surface area contributed by atoms with Gasteiger partial charge in [0, 0.05) is 7.11 Å². The van der Waals surface area contributed by atoms with E-state index in [2.05, 4.69) is 11.9 Å². The van der Waals surface area contributed by atoms with Gasteiger partial charge in [0.2, 0.25) is 0 Å². The van der Waals surface area contributed by atoms with Crippen LogP contribution in [0.25, 0.3) is 0 Å². The summed E-state index contributed by atoms with van der Waals surface area (Å²) >= 11 is 0. The maximum Gasteiger partial charge on any atom is 0.323 e. The summed E-state index contributed by atoms with van der Waals surface area (Å²) in [5.74, 6) is -0.888. The summed E-state index contributed by atoms with van der Waals surface area (Å²) < 4.78 is 4.73. The Morgan fingerprint density at radius 3 is 2.92 bits per heavy atom. The van der Waals surface area contributed by atoms with E-state index >= 15 is 0 Å². The third-order valence-electron chi connectivity index (χ3n) is 1.37. The molecular weight excluding hydrogens is 158 g/mol. The lowest BCUT2D eigenvalue weighted by molar-refractivity contribution is -0.140. The molecule has 0 spiro atoms. The first-order valence-corrected chi connectivity index (χ1v) is 3.78. The van der Waals surface area contributed by atoms with Crippen molar-refractivity contribution in [3.8, 4) is 0 Å². The Kier molecular flexibility index (Phi) is 6.32. The summed E-state index contributed by atoms with van der Waals surface area (Å²) in [6.07, 6.45) is 2.49. The number of hydrogen-bond acceptors (Lipinski definition) is 3. The second-order valence-electron chi connectivity index (χ2n) is 2.38. The van der Waals surface area contributed by atoms with Gasteiger partial charge in [-0.15, -0.1) is 6.58 Å². The SMILES string of the molecule is C=CCCNC(COC)C(=O)O. The molecule has 1 atom stereocenters. The fraction of sp³-hybridized carbons (Fsp3) is 0.625. The largest absolute Gasteiger partial charge is 0.480 e. The van der Waals surface area contributed by atoms with E-state index in [0.717, 1.165) is 6.42 Å². The highest BCUT2D eigenvalue weighted by molar-refractivity contribution is 5.73. The fourth-order valence-corrected chi connectivity index (χ4v) is 0.744. The predicted molar refractivity (Wildman–Crippen MR) is 46.1 cm³/mol. The van der Waals surface area contributed by atoms with E-state index in [4.69, 9.17) is 9.84 Å². The minimum Gasteiger partial charge on any atom is -0.480 e. The molecule has 70 valence electrons. The minimum absolute atomic E-state index is 0.187. The normalized spacial score (nSPS) is 12.4. The Morgan fingerprint density at radius 1 is 1.83 bits per heavy atom. The number of carboxylic acid groups (broad SMARTS) is 1. The van der Waals surface area contributed by atoms with E-state index in [1.807, 2.05) is 0 Å². The van der Waals surface area contributed by atoms with Crippen LogP contribution in [0.3, 0.4) is 0 Å². The number of carboxylic acids is 1. The number of methoxy groups -OCH3 is 1. The first-order valence-electron chi connectivity index (χ1n) is 3.78. The average Bonchev–Trinajstić information content (AvgIpc) is 2.03. The Bertz CT molecular complexity index is 147. The van der Waals surface area contributed by atoms with Crippen LogP contribution in [0.2, 0.25) is 0 Å². The second-order valence-corrected chi connectivity index (χ2v) is 2.38. The van der Waals surface area contributed by atoms with Crippen LogP contribution in [0, 0.1) is 0 Å². The van der Waals surface area contributed by atoms with Gasteiger partial charge in [0.25, 0.3) is 0 Å². The number of rotatable bonds is 7. The molecule has 0 saturated carbocycles. The van der Waals surface area contributed by atoms with Crippen molar-refractivity contribution in [3.63, 3.8) is 0 Å². The number of nitrogens with one attached hydrogen (secondary N) is 1. The molecule has 0 aromatic heterocycles. The molecule has 0 fully saturated rings. The highest BCUT2D eigenvalue weighted by atomic mass is 16.5. The molecule has 0 amide bonds. The number of aliphatic carboxylic acids is 1. The van der Waals surface area contributed by atoms with Crippen LogP contribution in [0.5, 0.6) is 0 Å². The Labute approximate surface area is 72.2 Å². The molecule has 12 heavy (non-hydrogen) atoms. The summed E-state index contributed by atoms with van der Waals surface area (Å²) in [5, 5.41) is 11.5. The van der Waals surface area contributed by atoms with Crippen LogP contribution in [-0.4, -0.2) is 37.4 Å². The van der Waals surface area contributed by atoms with Crippen LogP contribution in [-0.2, 0) is 9.53 Å². The molecule has 0 aliphatic rings. The highest BCUT2D eigenvalue weighted by Crippen LogP contribution is 1.86. The predicted octanol–water partition coefficient (Wildman–Crippen LogP) is 0.252. The van der Waals surface area contributed by atoms with E-state index in [9.17, 15) is 4.79 Å². The Balaban J connectivity index is 3.63. The zero-order chi connectivity index (χ0) is 9.40. The molecule has 4 heteroatoms. The number of ether oxygens (including phenoxy) is 1. The molecule has 4 nitrogen and oxygen atoms in total. The number of carbonyl (C=O) groups is 1. The van der Waals surface area contributed by atoms with Crippen molar-refractivity contribution in [2.24, 2.45) is 0 Å². The lowest BCUT2D eigenvalue weighted by atomic mass is 10.3. The van der Waals surface area contributed by atoms with Gasteiger partial charge in [-0.2, -0.15) is 0 Å². The first kappa shape index (κ1) is 11.1. The van der Waals surface area contributed by atoms with E-state index in [-0.39, 0.29) is 6.61 Å². The van der Waals surface area contributed by atoms with E-state index in [1.54, 1.807) is 6.08 Å². The lowest BCUT2D eigenvalue weighted by Gasteiger charge is -2.11. The average molecular weight is 173 g/mol. The van der Waals surface area contributed by atoms with Crippen LogP contribution in [0.4, 0.5) is 0 Å². The summed E-state index contributed by atoms with van der Waals surface area (Å²) in [4.78, 5) is 10.5. The quantitative estimate of drug-likeness (QED) is 0.428. The van der Waals surface area contributed by atoms with Gasteiger partial charge in [-0.3, -0.25) is 4.79 Å². The van der Waals surface area contributed by atoms with Crippen molar-refractivity contribution in [2.75, 3.05) is 20.3 Å². The van der Waals surface area contributed by atoms with Gasteiger partial charge < -0.3 is 15.2 Å². The standard InChI is InChI=1S/C8H15NO3/c1-3-4-5-9-7(6-12-2)8(10)11/h3,7,9H,1,4-6H2,2H3,(H,10,11). The van der Waals surface area contributed by atoms with Gasteiger partial charge in [-0.25, -0.2) is 0 Å². The van der Waals surface area contributed by atoms with Crippen molar-refractivity contribution < 1.29 is 14.6 Å². The number of hydrogen-bond donors (Lipinski definition) is 2. The van der Waals surface area contributed by atoms with Crippen LogP contribution in [0.15, 0.2) is 12.7 Å². The van der Waals surface area contributed by atoms with Gasteiger partial charge in [-0.05, 0) is 13.0 Å². The summed E-state index contributed by atoms with van der Waals surface area (Å²) in [7, 11) is 1.48. The molecule has 0 aromatic rings. The minimum atomic E-state index is -0.888. The topological polar surface area (TPSA) is 58.6 Å². The lowest BCUT2D eigenvalue weighted by Crippen LogP contribution is -2.40. The third kappa shape index (κ3) is 4.87. The third-order valence-corrected chi connectivity index (χ3v) is 1.37. The van der Waals surface area contributed by atoms with Crippen molar-refractivity contribution in [2.45, 2.75) is 12.5 Å². The molecular formula is C8H15NO3. The second kappa shape index (κ2) is 6.82. The Morgan fingerprint density at radius 2 is 2.50 bits per heavy atom.